The average Bonchev–Trinajstić information content (AvgIpc) is 2.89. The second-order valence-corrected chi connectivity index (χ2v) is 6.00. The summed E-state index contributed by atoms with van der Waals surface area (Å²) in [4.78, 5) is 0. The Hall–Kier alpha value is -1.35. The van der Waals surface area contributed by atoms with Gasteiger partial charge in [0.15, 0.2) is 0 Å². The van der Waals surface area contributed by atoms with Gasteiger partial charge < -0.3 is 5.73 Å². The van der Waals surface area contributed by atoms with E-state index in [2.05, 4.69) is 35.7 Å². The zero-order valence-corrected chi connectivity index (χ0v) is 12.1. The summed E-state index contributed by atoms with van der Waals surface area (Å²) in [7, 11) is 0. The monoisotopic (exact) mass is 287 g/mol. The number of aryl methyl sites for hydroxylation is 1. The predicted octanol–water partition coefficient (Wildman–Crippen LogP) is 4.91. The van der Waals surface area contributed by atoms with Crippen LogP contribution < -0.4 is 5.73 Å². The van der Waals surface area contributed by atoms with Gasteiger partial charge in [-0.2, -0.15) is 0 Å². The van der Waals surface area contributed by atoms with Gasteiger partial charge in [0.05, 0.1) is 6.04 Å². The fourth-order valence-corrected chi connectivity index (χ4v) is 3.39. The third-order valence-electron chi connectivity index (χ3n) is 3.40. The van der Waals surface area contributed by atoms with Crippen molar-refractivity contribution in [3.63, 3.8) is 0 Å². The highest BCUT2D eigenvalue weighted by Crippen LogP contribution is 2.32. The molecule has 0 aliphatic rings. The summed E-state index contributed by atoms with van der Waals surface area (Å²) in [6.45, 7) is 2.00. The molecule has 0 spiro atoms. The molecular weight excluding hydrogens is 274 g/mol. The first-order valence-electron chi connectivity index (χ1n) is 6.14. The van der Waals surface area contributed by atoms with E-state index in [9.17, 15) is 0 Å². The van der Waals surface area contributed by atoms with Crippen molar-refractivity contribution in [1.82, 2.24) is 0 Å². The van der Waals surface area contributed by atoms with Gasteiger partial charge in [-0.15, -0.1) is 11.3 Å². The van der Waals surface area contributed by atoms with Gasteiger partial charge in [-0.25, -0.2) is 0 Å². The topological polar surface area (TPSA) is 26.0 Å². The summed E-state index contributed by atoms with van der Waals surface area (Å²) in [6.07, 6.45) is 0. The van der Waals surface area contributed by atoms with E-state index in [4.69, 9.17) is 17.3 Å². The predicted molar refractivity (Wildman–Crippen MR) is 84.0 cm³/mol. The molecular formula is C16H14ClNS. The fourth-order valence-electron chi connectivity index (χ4n) is 2.24. The van der Waals surface area contributed by atoms with Crippen molar-refractivity contribution >= 4 is 33.0 Å². The molecule has 3 rings (SSSR count). The zero-order chi connectivity index (χ0) is 13.4. The molecule has 19 heavy (non-hydrogen) atoms. The second kappa shape index (κ2) is 4.97. The molecule has 3 aromatic rings. The van der Waals surface area contributed by atoms with E-state index >= 15 is 0 Å². The molecule has 1 nitrogen and oxygen atoms in total. The largest absolute Gasteiger partial charge is 0.320 e. The number of fused-ring (bicyclic) bond motifs is 1. The average molecular weight is 288 g/mol. The van der Waals surface area contributed by atoms with Crippen molar-refractivity contribution < 1.29 is 0 Å². The smallest absolute Gasteiger partial charge is 0.0566 e. The number of hydrogen-bond acceptors (Lipinski definition) is 2. The van der Waals surface area contributed by atoms with Crippen molar-refractivity contribution in [3.05, 3.63) is 69.6 Å². The number of rotatable bonds is 2. The van der Waals surface area contributed by atoms with Crippen LogP contribution in [0, 0.1) is 6.92 Å². The van der Waals surface area contributed by atoms with Gasteiger partial charge in [0, 0.05) is 9.72 Å². The first kappa shape index (κ1) is 12.7. The summed E-state index contributed by atoms with van der Waals surface area (Å²) in [5.41, 5.74) is 9.70. The molecule has 96 valence electrons. The standard InChI is InChI=1S/C16H14ClNS/c1-10-5-6-12(9-14(10)17)15(18)13-4-2-3-11-7-8-19-16(11)13/h2-9,15H,18H2,1H3. The van der Waals surface area contributed by atoms with E-state index in [1.54, 1.807) is 11.3 Å². The van der Waals surface area contributed by atoms with Crippen LogP contribution in [-0.4, -0.2) is 0 Å². The van der Waals surface area contributed by atoms with Gasteiger partial charge in [0.25, 0.3) is 0 Å². The number of halogens is 1. The number of thiophene rings is 1. The van der Waals surface area contributed by atoms with Crippen LogP contribution >= 0.6 is 22.9 Å². The molecule has 0 amide bonds. The summed E-state index contributed by atoms with van der Waals surface area (Å²) < 4.78 is 1.26. The van der Waals surface area contributed by atoms with Crippen molar-refractivity contribution in [2.24, 2.45) is 5.73 Å². The summed E-state index contributed by atoms with van der Waals surface area (Å²) in [5.74, 6) is 0. The lowest BCUT2D eigenvalue weighted by molar-refractivity contribution is 0.882. The van der Waals surface area contributed by atoms with Crippen LogP contribution in [0.2, 0.25) is 5.02 Å². The Labute approximate surface area is 121 Å². The van der Waals surface area contributed by atoms with Crippen molar-refractivity contribution in [2.75, 3.05) is 0 Å². The van der Waals surface area contributed by atoms with E-state index in [1.165, 1.54) is 10.1 Å². The molecule has 1 aromatic heterocycles. The summed E-state index contributed by atoms with van der Waals surface area (Å²) in [5, 5.41) is 4.12. The Morgan fingerprint density at radius 2 is 2.00 bits per heavy atom. The van der Waals surface area contributed by atoms with Crippen LogP contribution in [-0.2, 0) is 0 Å². The van der Waals surface area contributed by atoms with Crippen LogP contribution in [0.1, 0.15) is 22.7 Å². The second-order valence-electron chi connectivity index (χ2n) is 4.67. The van der Waals surface area contributed by atoms with E-state index in [0.29, 0.717) is 0 Å². The minimum atomic E-state index is -0.138. The Bertz CT molecular complexity index is 732. The molecule has 0 radical (unpaired) electrons. The molecule has 3 heteroatoms. The Kier molecular flexibility index (Phi) is 3.31. The number of hydrogen-bond donors (Lipinski definition) is 1. The van der Waals surface area contributed by atoms with Gasteiger partial charge in [0.1, 0.15) is 0 Å². The van der Waals surface area contributed by atoms with E-state index < -0.39 is 0 Å². The SMILES string of the molecule is Cc1ccc(C(N)c2cccc3ccsc23)cc1Cl. The third-order valence-corrected chi connectivity index (χ3v) is 4.79. The molecule has 0 fully saturated rings. The van der Waals surface area contributed by atoms with Crippen molar-refractivity contribution in [2.45, 2.75) is 13.0 Å². The highest BCUT2D eigenvalue weighted by molar-refractivity contribution is 7.17. The van der Waals surface area contributed by atoms with Crippen molar-refractivity contribution in [1.29, 1.82) is 0 Å². The van der Waals surface area contributed by atoms with Gasteiger partial charge >= 0.3 is 0 Å². The molecule has 2 N–H and O–H groups in total. The van der Waals surface area contributed by atoms with E-state index in [-0.39, 0.29) is 6.04 Å². The van der Waals surface area contributed by atoms with Crippen molar-refractivity contribution in [3.8, 4) is 0 Å². The number of benzene rings is 2. The Balaban J connectivity index is 2.10. The maximum absolute atomic E-state index is 6.41. The lowest BCUT2D eigenvalue weighted by Gasteiger charge is -2.14. The minimum Gasteiger partial charge on any atom is -0.320 e. The zero-order valence-electron chi connectivity index (χ0n) is 10.6. The van der Waals surface area contributed by atoms with Crippen LogP contribution in [0.3, 0.4) is 0 Å². The highest BCUT2D eigenvalue weighted by Gasteiger charge is 2.13. The van der Waals surface area contributed by atoms with E-state index in [1.807, 2.05) is 19.1 Å². The molecule has 0 aliphatic carbocycles. The van der Waals surface area contributed by atoms with Gasteiger partial charge in [-0.1, -0.05) is 41.9 Å². The normalized spacial score (nSPS) is 12.8. The lowest BCUT2D eigenvalue weighted by Crippen LogP contribution is -2.12. The molecule has 0 saturated carbocycles. The molecule has 1 atom stereocenters. The first-order valence-corrected chi connectivity index (χ1v) is 7.40. The van der Waals surface area contributed by atoms with E-state index in [0.717, 1.165) is 21.7 Å². The summed E-state index contributed by atoms with van der Waals surface area (Å²) >= 11 is 7.92. The van der Waals surface area contributed by atoms with Gasteiger partial charge in [0.2, 0.25) is 0 Å². The first-order chi connectivity index (χ1) is 9.16. The van der Waals surface area contributed by atoms with Crippen LogP contribution in [0.4, 0.5) is 0 Å². The molecule has 1 heterocycles. The van der Waals surface area contributed by atoms with Gasteiger partial charge in [-0.05, 0) is 46.5 Å². The summed E-state index contributed by atoms with van der Waals surface area (Å²) in [6, 6.07) is 14.3. The lowest BCUT2D eigenvalue weighted by atomic mass is 9.98. The molecule has 1 unspecified atom stereocenters. The molecule has 2 aromatic carbocycles. The maximum atomic E-state index is 6.41. The number of nitrogens with two attached hydrogens (primary N) is 1. The molecule has 0 saturated heterocycles. The van der Waals surface area contributed by atoms with Crippen LogP contribution in [0.25, 0.3) is 10.1 Å². The third kappa shape index (κ3) is 2.27. The Morgan fingerprint density at radius 1 is 1.16 bits per heavy atom. The van der Waals surface area contributed by atoms with Crippen LogP contribution in [0.5, 0.6) is 0 Å². The van der Waals surface area contributed by atoms with Gasteiger partial charge in [-0.3, -0.25) is 0 Å². The fraction of sp³-hybridized carbons (Fsp3) is 0.125. The van der Waals surface area contributed by atoms with Crippen LogP contribution in [0.15, 0.2) is 47.8 Å². The maximum Gasteiger partial charge on any atom is 0.0566 e. The highest BCUT2D eigenvalue weighted by atomic mass is 35.5. The minimum absolute atomic E-state index is 0.138. The Morgan fingerprint density at radius 3 is 2.79 bits per heavy atom. The molecule has 0 bridgehead atoms. The molecule has 0 aliphatic heterocycles. The quantitative estimate of drug-likeness (QED) is 0.712.